The van der Waals surface area contributed by atoms with Crippen molar-refractivity contribution < 1.29 is 14.3 Å². The van der Waals surface area contributed by atoms with E-state index >= 15 is 0 Å². The molecule has 0 spiro atoms. The van der Waals surface area contributed by atoms with Crippen molar-refractivity contribution in [1.29, 1.82) is 0 Å². The van der Waals surface area contributed by atoms with Crippen LogP contribution in [0.2, 0.25) is 0 Å². The first-order valence-electron chi connectivity index (χ1n) is 11.1. The van der Waals surface area contributed by atoms with Crippen LogP contribution in [0.5, 0.6) is 0 Å². The smallest absolute Gasteiger partial charge is 0.341 e. The lowest BCUT2D eigenvalue weighted by atomic mass is 9.88. The van der Waals surface area contributed by atoms with Gasteiger partial charge in [0.15, 0.2) is 11.0 Å². The first kappa shape index (κ1) is 23.5. The van der Waals surface area contributed by atoms with Crippen LogP contribution in [0.25, 0.3) is 11.4 Å². The van der Waals surface area contributed by atoms with Gasteiger partial charge in [0.2, 0.25) is 5.91 Å². The Balaban J connectivity index is 1.48. The average Bonchev–Trinajstić information content (AvgIpc) is 3.32. The highest BCUT2D eigenvalue weighted by molar-refractivity contribution is 7.99. The number of hydrogen-bond donors (Lipinski definition) is 1. The molecule has 7 nitrogen and oxygen atoms in total. The summed E-state index contributed by atoms with van der Waals surface area (Å²) < 4.78 is 7.19. The van der Waals surface area contributed by atoms with Crippen LogP contribution >= 0.6 is 23.1 Å². The third-order valence-electron chi connectivity index (χ3n) is 5.80. The van der Waals surface area contributed by atoms with Crippen molar-refractivity contribution >= 4 is 40.0 Å². The van der Waals surface area contributed by atoms with Gasteiger partial charge in [-0.25, -0.2) is 4.79 Å². The fraction of sp³-hybridized carbons (Fsp3) is 0.417. The van der Waals surface area contributed by atoms with Gasteiger partial charge in [0.05, 0.1) is 17.9 Å². The normalized spacial score (nSPS) is 15.2. The SMILES string of the molecule is CCOC(=O)c1c(NC(=O)CSc2nnc(-c3ccccc3C)n2C)sc2c1CCC(C)C2. The lowest BCUT2D eigenvalue weighted by Gasteiger charge is -2.18. The molecule has 1 N–H and O–H groups in total. The molecule has 0 saturated carbocycles. The maximum absolute atomic E-state index is 12.8. The van der Waals surface area contributed by atoms with Crippen molar-refractivity contribution in [3.8, 4) is 11.4 Å². The standard InChI is InChI=1S/C24H28N4O3S2/c1-5-31-23(30)20-17-11-10-14(2)12-18(17)33-22(20)25-19(29)13-32-24-27-26-21(28(24)4)16-9-7-6-8-15(16)3/h6-9,14H,5,10-13H2,1-4H3,(H,25,29). The quantitative estimate of drug-likeness (QED) is 0.380. The summed E-state index contributed by atoms with van der Waals surface area (Å²) in [6.45, 7) is 6.35. The molecule has 4 rings (SSSR count). The minimum absolute atomic E-state index is 0.168. The zero-order valence-electron chi connectivity index (χ0n) is 19.3. The molecule has 33 heavy (non-hydrogen) atoms. The van der Waals surface area contributed by atoms with Crippen LogP contribution in [0.15, 0.2) is 29.4 Å². The Kier molecular flexibility index (Phi) is 7.19. The van der Waals surface area contributed by atoms with Crippen molar-refractivity contribution in [3.05, 3.63) is 45.8 Å². The number of nitrogens with zero attached hydrogens (tertiary/aromatic N) is 3. The Labute approximate surface area is 201 Å². The van der Waals surface area contributed by atoms with E-state index in [4.69, 9.17) is 4.74 Å². The molecule has 1 amide bonds. The van der Waals surface area contributed by atoms with Crippen LogP contribution in [-0.4, -0.2) is 39.0 Å². The Bertz CT molecular complexity index is 1180. The number of nitrogens with one attached hydrogen (secondary N) is 1. The second kappa shape index (κ2) is 10.1. The molecule has 2 aromatic heterocycles. The van der Waals surface area contributed by atoms with Crippen LogP contribution < -0.4 is 5.32 Å². The molecule has 174 valence electrons. The number of esters is 1. The zero-order valence-corrected chi connectivity index (χ0v) is 20.9. The van der Waals surface area contributed by atoms with Gasteiger partial charge in [0.1, 0.15) is 5.00 Å². The topological polar surface area (TPSA) is 86.1 Å². The fourth-order valence-corrected chi connectivity index (χ4v) is 6.18. The molecule has 0 aliphatic heterocycles. The van der Waals surface area contributed by atoms with Gasteiger partial charge in [-0.2, -0.15) is 0 Å². The van der Waals surface area contributed by atoms with Crippen LogP contribution in [0.3, 0.4) is 0 Å². The number of aryl methyl sites for hydroxylation is 1. The number of ether oxygens (including phenoxy) is 1. The monoisotopic (exact) mass is 484 g/mol. The van der Waals surface area contributed by atoms with E-state index in [2.05, 4.69) is 22.4 Å². The van der Waals surface area contributed by atoms with Gasteiger partial charge in [0, 0.05) is 17.5 Å². The van der Waals surface area contributed by atoms with Crippen molar-refractivity contribution in [2.75, 3.05) is 17.7 Å². The first-order chi connectivity index (χ1) is 15.9. The van der Waals surface area contributed by atoms with Crippen LogP contribution in [-0.2, 0) is 29.4 Å². The van der Waals surface area contributed by atoms with Crippen LogP contribution in [0, 0.1) is 12.8 Å². The predicted octanol–water partition coefficient (Wildman–Crippen LogP) is 4.88. The Morgan fingerprint density at radius 1 is 1.30 bits per heavy atom. The molecule has 1 unspecified atom stereocenters. The minimum atomic E-state index is -0.358. The van der Waals surface area contributed by atoms with Gasteiger partial charge >= 0.3 is 5.97 Å². The number of aromatic nitrogens is 3. The molecule has 0 bridgehead atoms. The van der Waals surface area contributed by atoms with Crippen molar-refractivity contribution in [3.63, 3.8) is 0 Å². The minimum Gasteiger partial charge on any atom is -0.462 e. The first-order valence-corrected chi connectivity index (χ1v) is 12.9. The fourth-order valence-electron chi connectivity index (χ4n) is 4.05. The highest BCUT2D eigenvalue weighted by atomic mass is 32.2. The Morgan fingerprint density at radius 2 is 2.09 bits per heavy atom. The van der Waals surface area contributed by atoms with E-state index in [-0.39, 0.29) is 17.6 Å². The lowest BCUT2D eigenvalue weighted by molar-refractivity contribution is -0.113. The van der Waals surface area contributed by atoms with Crippen molar-refractivity contribution in [1.82, 2.24) is 14.8 Å². The molecular weight excluding hydrogens is 456 g/mol. The molecule has 0 saturated heterocycles. The molecule has 1 aliphatic carbocycles. The number of carbonyl (C=O) groups excluding carboxylic acids is 2. The zero-order chi connectivity index (χ0) is 23.5. The van der Waals surface area contributed by atoms with Gasteiger partial charge < -0.3 is 14.6 Å². The van der Waals surface area contributed by atoms with E-state index in [1.807, 2.05) is 42.8 Å². The third kappa shape index (κ3) is 4.99. The van der Waals surface area contributed by atoms with E-state index in [0.29, 0.717) is 28.2 Å². The summed E-state index contributed by atoms with van der Waals surface area (Å²) in [6.07, 6.45) is 2.80. The van der Waals surface area contributed by atoms with E-state index in [1.165, 1.54) is 28.0 Å². The summed E-state index contributed by atoms with van der Waals surface area (Å²) >= 11 is 2.82. The maximum Gasteiger partial charge on any atom is 0.341 e. The van der Waals surface area contributed by atoms with Gasteiger partial charge in [-0.3, -0.25) is 4.79 Å². The third-order valence-corrected chi connectivity index (χ3v) is 7.99. The van der Waals surface area contributed by atoms with Gasteiger partial charge in [-0.05, 0) is 50.2 Å². The number of thioether (sulfide) groups is 1. The Morgan fingerprint density at radius 3 is 2.85 bits per heavy atom. The van der Waals surface area contributed by atoms with Crippen LogP contribution in [0.4, 0.5) is 5.00 Å². The van der Waals surface area contributed by atoms with Gasteiger partial charge in [-0.1, -0.05) is 43.0 Å². The van der Waals surface area contributed by atoms with Crippen LogP contribution in [0.1, 0.15) is 46.6 Å². The summed E-state index contributed by atoms with van der Waals surface area (Å²) in [7, 11) is 1.90. The van der Waals surface area contributed by atoms with E-state index in [9.17, 15) is 9.59 Å². The predicted molar refractivity (Wildman–Crippen MR) is 132 cm³/mol. The number of amides is 1. The second-order valence-electron chi connectivity index (χ2n) is 8.29. The molecule has 0 radical (unpaired) electrons. The van der Waals surface area contributed by atoms with E-state index in [1.54, 1.807) is 6.92 Å². The molecule has 1 atom stereocenters. The summed E-state index contributed by atoms with van der Waals surface area (Å²) in [4.78, 5) is 26.6. The molecular formula is C24H28N4O3S2. The largest absolute Gasteiger partial charge is 0.462 e. The molecule has 1 aromatic carbocycles. The molecule has 1 aliphatic rings. The molecule has 0 fully saturated rings. The number of benzene rings is 1. The molecule has 3 aromatic rings. The Hall–Kier alpha value is -2.65. The summed E-state index contributed by atoms with van der Waals surface area (Å²) in [6, 6.07) is 8.01. The number of fused-ring (bicyclic) bond motifs is 1. The number of anilines is 1. The number of carbonyl (C=O) groups is 2. The molecule has 9 heteroatoms. The van der Waals surface area contributed by atoms with E-state index < -0.39 is 0 Å². The van der Waals surface area contributed by atoms with Gasteiger partial charge in [-0.15, -0.1) is 21.5 Å². The molecule has 2 heterocycles. The van der Waals surface area contributed by atoms with Crippen molar-refractivity contribution in [2.45, 2.75) is 45.2 Å². The van der Waals surface area contributed by atoms with E-state index in [0.717, 1.165) is 41.8 Å². The van der Waals surface area contributed by atoms with Gasteiger partial charge in [0.25, 0.3) is 0 Å². The highest BCUT2D eigenvalue weighted by Crippen LogP contribution is 2.40. The number of rotatable bonds is 7. The maximum atomic E-state index is 12.8. The lowest BCUT2D eigenvalue weighted by Crippen LogP contribution is -2.18. The summed E-state index contributed by atoms with van der Waals surface area (Å²) in [5, 5.41) is 12.8. The van der Waals surface area contributed by atoms with Crippen molar-refractivity contribution in [2.24, 2.45) is 13.0 Å². The number of thiophene rings is 1. The summed E-state index contributed by atoms with van der Waals surface area (Å²) in [5.74, 6) is 0.965. The average molecular weight is 485 g/mol. The second-order valence-corrected chi connectivity index (χ2v) is 10.3. The highest BCUT2D eigenvalue weighted by Gasteiger charge is 2.29. The number of hydrogen-bond acceptors (Lipinski definition) is 7. The summed E-state index contributed by atoms with van der Waals surface area (Å²) in [5.41, 5.74) is 3.70.